The Balaban J connectivity index is 2.36. The van der Waals surface area contributed by atoms with E-state index in [2.05, 4.69) is 10.4 Å². The third kappa shape index (κ3) is 6.29. The Kier molecular flexibility index (Phi) is 4.73. The second-order valence-electron chi connectivity index (χ2n) is 3.57. The number of anilines is 1. The zero-order chi connectivity index (χ0) is 14.5. The Morgan fingerprint density at radius 3 is 2.68 bits per heavy atom. The summed E-state index contributed by atoms with van der Waals surface area (Å²) in [5.74, 6) is -1.11. The number of aromatic nitrogens is 2. The molecule has 0 unspecified atom stereocenters. The van der Waals surface area contributed by atoms with Crippen molar-refractivity contribution in [2.45, 2.75) is 19.1 Å². The van der Waals surface area contributed by atoms with Gasteiger partial charge in [0.2, 0.25) is 0 Å². The molecule has 3 N–H and O–H groups in total. The molecule has 0 aliphatic heterocycles. The van der Waals surface area contributed by atoms with Crippen LogP contribution in [0.25, 0.3) is 0 Å². The zero-order valence-corrected chi connectivity index (χ0v) is 9.57. The first-order valence-corrected chi connectivity index (χ1v) is 5.12. The van der Waals surface area contributed by atoms with Crippen molar-refractivity contribution in [3.8, 4) is 0 Å². The highest BCUT2D eigenvalue weighted by atomic mass is 19.4. The highest BCUT2D eigenvalue weighted by Gasteiger charge is 2.26. The van der Waals surface area contributed by atoms with Crippen LogP contribution < -0.4 is 10.6 Å². The minimum Gasteiger partial charge on any atom is -0.480 e. The SMILES string of the molecule is O=C(O)Cn1cc(NC(=O)NCCC(F)(F)F)cn1. The minimum absolute atomic E-state index is 0.186. The van der Waals surface area contributed by atoms with Crippen molar-refractivity contribution in [3.05, 3.63) is 12.4 Å². The molecule has 7 nitrogen and oxygen atoms in total. The molecule has 0 aliphatic rings. The van der Waals surface area contributed by atoms with Crippen LogP contribution in [0.2, 0.25) is 0 Å². The Bertz CT molecular complexity index is 458. The number of rotatable bonds is 5. The van der Waals surface area contributed by atoms with Crippen LogP contribution in [-0.2, 0) is 11.3 Å². The maximum absolute atomic E-state index is 11.8. The molecule has 0 spiro atoms. The molecule has 1 rings (SSSR count). The van der Waals surface area contributed by atoms with E-state index >= 15 is 0 Å². The lowest BCUT2D eigenvalue weighted by molar-refractivity contribution is -0.138. The third-order valence-electron chi connectivity index (χ3n) is 1.88. The maximum atomic E-state index is 11.8. The van der Waals surface area contributed by atoms with E-state index in [4.69, 9.17) is 5.11 Å². The fourth-order valence-corrected chi connectivity index (χ4v) is 1.15. The molecule has 1 heterocycles. The van der Waals surface area contributed by atoms with Gasteiger partial charge in [-0.1, -0.05) is 0 Å². The van der Waals surface area contributed by atoms with Gasteiger partial charge in [-0.15, -0.1) is 0 Å². The van der Waals surface area contributed by atoms with E-state index in [1.54, 1.807) is 0 Å². The van der Waals surface area contributed by atoms with Gasteiger partial charge in [-0.05, 0) is 0 Å². The summed E-state index contributed by atoms with van der Waals surface area (Å²) in [7, 11) is 0. The average molecular weight is 280 g/mol. The van der Waals surface area contributed by atoms with Crippen molar-refractivity contribution < 1.29 is 27.9 Å². The number of nitrogens with zero attached hydrogens (tertiary/aromatic N) is 2. The van der Waals surface area contributed by atoms with Crippen LogP contribution in [-0.4, -0.2) is 39.6 Å². The number of hydrogen-bond acceptors (Lipinski definition) is 3. The Labute approximate surface area is 105 Å². The van der Waals surface area contributed by atoms with E-state index in [9.17, 15) is 22.8 Å². The lowest BCUT2D eigenvalue weighted by Gasteiger charge is -2.07. The molecule has 10 heteroatoms. The molecule has 0 aliphatic carbocycles. The summed E-state index contributed by atoms with van der Waals surface area (Å²) in [6, 6.07) is -0.820. The largest absolute Gasteiger partial charge is 0.480 e. The molecule has 0 saturated carbocycles. The standard InChI is InChI=1S/C9H11F3N4O3/c10-9(11,12)1-2-13-8(19)15-6-3-14-16(4-6)5-7(17)18/h3-4H,1-2,5H2,(H,17,18)(H2,13,15,19). The van der Waals surface area contributed by atoms with Gasteiger partial charge in [0.15, 0.2) is 0 Å². The van der Waals surface area contributed by atoms with Gasteiger partial charge in [-0.3, -0.25) is 9.48 Å². The van der Waals surface area contributed by atoms with Gasteiger partial charge in [0.1, 0.15) is 6.54 Å². The van der Waals surface area contributed by atoms with Crippen LogP contribution >= 0.6 is 0 Å². The van der Waals surface area contributed by atoms with E-state index in [0.717, 1.165) is 4.68 Å². The third-order valence-corrected chi connectivity index (χ3v) is 1.88. The maximum Gasteiger partial charge on any atom is 0.390 e. The molecule has 0 saturated heterocycles. The number of amides is 2. The predicted molar refractivity (Wildman–Crippen MR) is 57.6 cm³/mol. The highest BCUT2D eigenvalue weighted by Crippen LogP contribution is 2.18. The Hall–Kier alpha value is -2.26. The highest BCUT2D eigenvalue weighted by molar-refractivity contribution is 5.88. The lowest BCUT2D eigenvalue weighted by atomic mass is 10.4. The number of halogens is 3. The molecular formula is C9H11F3N4O3. The summed E-state index contributed by atoms with van der Waals surface area (Å²) in [5, 5.41) is 16.4. The molecule has 106 valence electrons. The minimum atomic E-state index is -4.33. The average Bonchev–Trinajstić information content (AvgIpc) is 2.62. The number of urea groups is 1. The second-order valence-corrected chi connectivity index (χ2v) is 3.57. The first-order chi connectivity index (χ1) is 8.76. The van der Waals surface area contributed by atoms with Crippen molar-refractivity contribution in [2.75, 3.05) is 11.9 Å². The van der Waals surface area contributed by atoms with Crippen molar-refractivity contribution >= 4 is 17.7 Å². The van der Waals surface area contributed by atoms with E-state index in [0.29, 0.717) is 0 Å². The van der Waals surface area contributed by atoms with Crippen molar-refractivity contribution in [3.63, 3.8) is 0 Å². The van der Waals surface area contributed by atoms with Gasteiger partial charge in [-0.25, -0.2) is 4.79 Å². The first kappa shape index (κ1) is 14.8. The fraction of sp³-hybridized carbons (Fsp3) is 0.444. The Morgan fingerprint density at radius 1 is 1.42 bits per heavy atom. The van der Waals surface area contributed by atoms with Gasteiger partial charge in [0.25, 0.3) is 0 Å². The number of carboxylic acids is 1. The number of aliphatic carboxylic acids is 1. The molecular weight excluding hydrogens is 269 g/mol. The van der Waals surface area contributed by atoms with E-state index in [1.165, 1.54) is 12.4 Å². The van der Waals surface area contributed by atoms with Crippen molar-refractivity contribution in [2.24, 2.45) is 0 Å². The molecule has 2 amide bonds. The number of hydrogen-bond donors (Lipinski definition) is 3. The number of alkyl halides is 3. The fourth-order valence-electron chi connectivity index (χ4n) is 1.15. The van der Waals surface area contributed by atoms with Gasteiger partial charge >= 0.3 is 18.2 Å². The second kappa shape index (κ2) is 6.07. The summed E-state index contributed by atoms with van der Waals surface area (Å²) < 4.78 is 36.5. The molecule has 1 aromatic rings. The van der Waals surface area contributed by atoms with Gasteiger partial charge in [0, 0.05) is 12.7 Å². The van der Waals surface area contributed by atoms with Gasteiger partial charge in [0.05, 0.1) is 18.3 Å². The van der Waals surface area contributed by atoms with Crippen LogP contribution in [0, 0.1) is 0 Å². The van der Waals surface area contributed by atoms with E-state index in [-0.39, 0.29) is 12.2 Å². The smallest absolute Gasteiger partial charge is 0.390 e. The van der Waals surface area contributed by atoms with Crippen LogP contribution in [0.3, 0.4) is 0 Å². The zero-order valence-electron chi connectivity index (χ0n) is 9.57. The molecule has 1 aromatic heterocycles. The van der Waals surface area contributed by atoms with Gasteiger partial charge < -0.3 is 15.7 Å². The summed E-state index contributed by atoms with van der Waals surface area (Å²) >= 11 is 0. The predicted octanol–water partition coefficient (Wildman–Crippen LogP) is 1.04. The first-order valence-electron chi connectivity index (χ1n) is 5.12. The normalized spacial score (nSPS) is 11.1. The van der Waals surface area contributed by atoms with Crippen LogP contribution in [0.4, 0.5) is 23.7 Å². The Morgan fingerprint density at radius 2 is 2.11 bits per heavy atom. The van der Waals surface area contributed by atoms with Crippen LogP contribution in [0.1, 0.15) is 6.42 Å². The topological polar surface area (TPSA) is 96.2 Å². The van der Waals surface area contributed by atoms with Crippen LogP contribution in [0.15, 0.2) is 12.4 Å². The molecule has 0 bridgehead atoms. The lowest BCUT2D eigenvalue weighted by Crippen LogP contribution is -2.31. The summed E-state index contributed by atoms with van der Waals surface area (Å²) in [6.07, 6.45) is -3.03. The molecule has 0 fully saturated rings. The number of nitrogens with one attached hydrogen (secondary N) is 2. The van der Waals surface area contributed by atoms with Crippen molar-refractivity contribution in [1.29, 1.82) is 0 Å². The van der Waals surface area contributed by atoms with Gasteiger partial charge in [-0.2, -0.15) is 18.3 Å². The molecule has 0 radical (unpaired) electrons. The number of carbonyl (C=O) groups excluding carboxylic acids is 1. The quantitative estimate of drug-likeness (QED) is 0.750. The number of carboxylic acid groups (broad SMARTS) is 1. The summed E-state index contributed by atoms with van der Waals surface area (Å²) in [6.45, 7) is -0.921. The summed E-state index contributed by atoms with van der Waals surface area (Å²) in [4.78, 5) is 21.6. The number of carbonyl (C=O) groups is 2. The van der Waals surface area contributed by atoms with Crippen molar-refractivity contribution in [1.82, 2.24) is 15.1 Å². The molecule has 0 aromatic carbocycles. The molecule has 0 atom stereocenters. The summed E-state index contributed by atoms with van der Waals surface area (Å²) in [5.41, 5.74) is 0.186. The van der Waals surface area contributed by atoms with Crippen LogP contribution in [0.5, 0.6) is 0 Å². The molecule has 19 heavy (non-hydrogen) atoms. The van der Waals surface area contributed by atoms with E-state index in [1.807, 2.05) is 5.32 Å². The van der Waals surface area contributed by atoms with E-state index < -0.39 is 31.1 Å². The monoisotopic (exact) mass is 280 g/mol.